The Hall–Kier alpha value is -3.39. The zero-order chi connectivity index (χ0) is 24.3. The highest BCUT2D eigenvalue weighted by atomic mass is 16.5. The third-order valence-corrected chi connectivity index (χ3v) is 5.93. The molecule has 0 saturated heterocycles. The molecule has 3 N–H and O–H groups in total. The predicted molar refractivity (Wildman–Crippen MR) is 128 cm³/mol. The van der Waals surface area contributed by atoms with Gasteiger partial charge in [0.25, 0.3) is 0 Å². The van der Waals surface area contributed by atoms with Crippen LogP contribution in [0.4, 0.5) is 4.79 Å². The van der Waals surface area contributed by atoms with Crippen molar-refractivity contribution in [3.8, 4) is 11.1 Å². The lowest BCUT2D eigenvalue weighted by molar-refractivity contribution is -0.137. The summed E-state index contributed by atoms with van der Waals surface area (Å²) in [6, 6.07) is 15.4. The number of aliphatic carboxylic acids is 1. The molecule has 1 aliphatic carbocycles. The van der Waals surface area contributed by atoms with Crippen LogP contribution in [-0.2, 0) is 19.1 Å². The number of carbonyl (C=O) groups excluding carboxylic acids is 2. The monoisotopic (exact) mass is 468 g/mol. The molecule has 1 aliphatic rings. The summed E-state index contributed by atoms with van der Waals surface area (Å²) in [5.74, 6) is -1.20. The molecular weight excluding hydrogens is 436 g/mol. The molecule has 182 valence electrons. The second-order valence-corrected chi connectivity index (χ2v) is 8.30. The molecule has 2 aromatic carbocycles. The molecule has 2 amide bonds. The van der Waals surface area contributed by atoms with Crippen LogP contribution in [-0.4, -0.2) is 56.0 Å². The second kappa shape index (κ2) is 12.7. The van der Waals surface area contributed by atoms with E-state index in [1.807, 2.05) is 36.4 Å². The Morgan fingerprint density at radius 2 is 1.62 bits per heavy atom. The van der Waals surface area contributed by atoms with Gasteiger partial charge in [-0.2, -0.15) is 0 Å². The number of alkyl carbamates (subject to hydrolysis) is 1. The van der Waals surface area contributed by atoms with Crippen LogP contribution in [0.3, 0.4) is 0 Å². The van der Waals surface area contributed by atoms with Crippen LogP contribution in [0.2, 0.25) is 0 Å². The van der Waals surface area contributed by atoms with Gasteiger partial charge in [0, 0.05) is 39.0 Å². The number of carboxylic acid groups (broad SMARTS) is 1. The van der Waals surface area contributed by atoms with Crippen molar-refractivity contribution in [3.63, 3.8) is 0 Å². The molecule has 0 heterocycles. The number of fused-ring (bicyclic) bond motifs is 3. The van der Waals surface area contributed by atoms with Crippen molar-refractivity contribution < 1.29 is 29.0 Å². The van der Waals surface area contributed by atoms with Crippen molar-refractivity contribution in [2.75, 3.05) is 26.9 Å². The van der Waals surface area contributed by atoms with E-state index in [9.17, 15) is 14.4 Å². The predicted octanol–water partition coefficient (Wildman–Crippen LogP) is 3.69. The number of nitrogens with one attached hydrogen (secondary N) is 2. The highest BCUT2D eigenvalue weighted by molar-refractivity contribution is 5.85. The lowest BCUT2D eigenvalue weighted by atomic mass is 9.98. The number of carboxylic acids is 1. The number of rotatable bonds is 13. The fourth-order valence-electron chi connectivity index (χ4n) is 4.20. The van der Waals surface area contributed by atoms with Gasteiger partial charge < -0.3 is 25.2 Å². The number of amides is 2. The Kier molecular flexibility index (Phi) is 9.46. The summed E-state index contributed by atoms with van der Waals surface area (Å²) in [5, 5.41) is 14.1. The fraction of sp³-hybridized carbons (Fsp3) is 0.423. The summed E-state index contributed by atoms with van der Waals surface area (Å²) >= 11 is 0. The lowest BCUT2D eigenvalue weighted by Gasteiger charge is -2.19. The van der Waals surface area contributed by atoms with E-state index in [0.29, 0.717) is 38.8 Å². The zero-order valence-corrected chi connectivity index (χ0v) is 19.4. The Morgan fingerprint density at radius 3 is 2.24 bits per heavy atom. The zero-order valence-electron chi connectivity index (χ0n) is 19.4. The van der Waals surface area contributed by atoms with Crippen LogP contribution in [0.15, 0.2) is 48.5 Å². The third-order valence-electron chi connectivity index (χ3n) is 5.93. The summed E-state index contributed by atoms with van der Waals surface area (Å²) in [4.78, 5) is 35.7. The van der Waals surface area contributed by atoms with E-state index in [-0.39, 0.29) is 24.9 Å². The van der Waals surface area contributed by atoms with Gasteiger partial charge >= 0.3 is 12.1 Å². The number of hydrogen-bond acceptors (Lipinski definition) is 5. The number of benzene rings is 2. The average molecular weight is 469 g/mol. The van der Waals surface area contributed by atoms with Crippen molar-refractivity contribution >= 4 is 18.0 Å². The fourth-order valence-corrected chi connectivity index (χ4v) is 4.20. The Morgan fingerprint density at radius 1 is 0.971 bits per heavy atom. The number of ether oxygens (including phenoxy) is 2. The van der Waals surface area contributed by atoms with E-state index in [2.05, 4.69) is 22.8 Å². The molecule has 0 aromatic heterocycles. The van der Waals surface area contributed by atoms with Crippen molar-refractivity contribution in [2.45, 2.75) is 44.1 Å². The summed E-state index contributed by atoms with van der Waals surface area (Å²) < 4.78 is 10.6. The lowest BCUT2D eigenvalue weighted by Crippen LogP contribution is -2.47. The summed E-state index contributed by atoms with van der Waals surface area (Å²) in [6.07, 6.45) is 1.71. The topological polar surface area (TPSA) is 114 Å². The molecule has 0 fully saturated rings. The summed E-state index contributed by atoms with van der Waals surface area (Å²) in [7, 11) is 1.53. The molecule has 34 heavy (non-hydrogen) atoms. The van der Waals surface area contributed by atoms with Crippen LogP contribution in [0.5, 0.6) is 0 Å². The molecule has 0 aliphatic heterocycles. The number of methoxy groups -OCH3 is 1. The standard InChI is InChI=1S/C26H32N2O6/c1-33-16-14-23(25(31)27-15-8-2-3-13-24(29)30)28-26(32)34-17-22-20-11-6-4-9-18(20)19-10-5-7-12-21(19)22/h4-7,9-12,22-23H,2-3,8,13-17H2,1H3,(H,27,31)(H,28,32)(H,29,30). The minimum atomic E-state index is -0.823. The molecule has 2 aromatic rings. The third kappa shape index (κ3) is 6.81. The van der Waals surface area contributed by atoms with Crippen molar-refractivity contribution in [3.05, 3.63) is 59.7 Å². The quantitative estimate of drug-likeness (QED) is 0.386. The summed E-state index contributed by atoms with van der Waals surface area (Å²) in [5.41, 5.74) is 4.53. The molecule has 8 nitrogen and oxygen atoms in total. The van der Waals surface area contributed by atoms with Crippen molar-refractivity contribution in [1.29, 1.82) is 0 Å². The first-order valence-electron chi connectivity index (χ1n) is 11.6. The maximum Gasteiger partial charge on any atom is 0.407 e. The maximum atomic E-state index is 12.6. The Labute approximate surface area is 199 Å². The molecule has 1 atom stereocenters. The highest BCUT2D eigenvalue weighted by Crippen LogP contribution is 2.44. The molecule has 3 rings (SSSR count). The van der Waals surface area contributed by atoms with Gasteiger partial charge in [0.1, 0.15) is 12.6 Å². The Balaban J connectivity index is 1.52. The van der Waals surface area contributed by atoms with Gasteiger partial charge in [-0.15, -0.1) is 0 Å². The molecule has 0 spiro atoms. The minimum Gasteiger partial charge on any atom is -0.481 e. The first-order valence-corrected chi connectivity index (χ1v) is 11.6. The molecule has 0 radical (unpaired) electrons. The van der Waals surface area contributed by atoms with Crippen molar-refractivity contribution in [1.82, 2.24) is 10.6 Å². The van der Waals surface area contributed by atoms with Crippen LogP contribution in [0.25, 0.3) is 11.1 Å². The number of hydrogen-bond donors (Lipinski definition) is 3. The van der Waals surface area contributed by atoms with Crippen LogP contribution in [0.1, 0.15) is 49.1 Å². The normalized spacial score (nSPS) is 13.0. The SMILES string of the molecule is COCCC(NC(=O)OCC1c2ccccc2-c2ccccc21)C(=O)NCCCCCC(=O)O. The largest absolute Gasteiger partial charge is 0.481 e. The average Bonchev–Trinajstić information content (AvgIpc) is 3.16. The van der Waals surface area contributed by atoms with Crippen molar-refractivity contribution in [2.24, 2.45) is 0 Å². The number of carbonyl (C=O) groups is 3. The number of unbranched alkanes of at least 4 members (excludes halogenated alkanes) is 2. The molecule has 1 unspecified atom stereocenters. The van der Waals surface area contributed by atoms with Gasteiger partial charge in [0.2, 0.25) is 5.91 Å². The van der Waals surface area contributed by atoms with E-state index < -0.39 is 18.1 Å². The van der Waals surface area contributed by atoms with E-state index in [1.165, 1.54) is 7.11 Å². The van der Waals surface area contributed by atoms with Gasteiger partial charge in [-0.25, -0.2) is 4.79 Å². The van der Waals surface area contributed by atoms with E-state index in [1.54, 1.807) is 0 Å². The smallest absolute Gasteiger partial charge is 0.407 e. The van der Waals surface area contributed by atoms with Gasteiger partial charge in [0.05, 0.1) is 0 Å². The van der Waals surface area contributed by atoms with E-state index in [0.717, 1.165) is 22.3 Å². The summed E-state index contributed by atoms with van der Waals surface area (Å²) in [6.45, 7) is 0.886. The van der Waals surface area contributed by atoms with Gasteiger partial charge in [-0.3, -0.25) is 9.59 Å². The van der Waals surface area contributed by atoms with E-state index in [4.69, 9.17) is 14.6 Å². The van der Waals surface area contributed by atoms with Gasteiger partial charge in [-0.05, 0) is 35.1 Å². The molecule has 0 bridgehead atoms. The molecule has 8 heteroatoms. The second-order valence-electron chi connectivity index (χ2n) is 8.30. The molecular formula is C26H32N2O6. The minimum absolute atomic E-state index is 0.0600. The van der Waals surface area contributed by atoms with Gasteiger partial charge in [0.15, 0.2) is 0 Å². The highest BCUT2D eigenvalue weighted by Gasteiger charge is 2.29. The van der Waals surface area contributed by atoms with Gasteiger partial charge in [-0.1, -0.05) is 55.0 Å². The Bertz CT molecular complexity index is 947. The maximum absolute atomic E-state index is 12.6. The first kappa shape index (κ1) is 25.2. The van der Waals surface area contributed by atoms with Crippen LogP contribution in [0, 0.1) is 0 Å². The van der Waals surface area contributed by atoms with Crippen LogP contribution < -0.4 is 10.6 Å². The van der Waals surface area contributed by atoms with Crippen LogP contribution >= 0.6 is 0 Å². The van der Waals surface area contributed by atoms with E-state index >= 15 is 0 Å². The first-order chi connectivity index (χ1) is 16.5. The molecule has 0 saturated carbocycles.